The minimum Gasteiger partial charge on any atom is -0.396 e. The third kappa shape index (κ3) is 10.0. The zero-order chi connectivity index (χ0) is 16.1. The molecule has 2 saturated carbocycles. The van der Waals surface area contributed by atoms with Crippen molar-refractivity contribution in [3.63, 3.8) is 0 Å². The van der Waals surface area contributed by atoms with Crippen molar-refractivity contribution in [3.8, 4) is 0 Å². The molecule has 0 spiro atoms. The van der Waals surface area contributed by atoms with Gasteiger partial charge in [-0.1, -0.05) is 22.6 Å². The summed E-state index contributed by atoms with van der Waals surface area (Å²) in [4.78, 5) is 1.97. The quantitative estimate of drug-likeness (QED) is 0.422. The highest BCUT2D eigenvalue weighted by Gasteiger charge is 2.18. The van der Waals surface area contributed by atoms with E-state index < -0.39 is 0 Å². The summed E-state index contributed by atoms with van der Waals surface area (Å²) in [5.74, 6) is 1.13. The van der Waals surface area contributed by atoms with Crippen LogP contribution < -0.4 is 11.1 Å². The lowest BCUT2D eigenvalue weighted by molar-refractivity contribution is 0.177. The summed E-state index contributed by atoms with van der Waals surface area (Å²) in [6, 6.07) is 1.12. The Bertz CT molecular complexity index is 204. The first-order valence-corrected chi connectivity index (χ1v) is 10.4. The topological polar surface area (TPSA) is 78.5 Å². The molecule has 0 aliphatic heterocycles. The number of rotatable bonds is 3. The van der Waals surface area contributed by atoms with Crippen LogP contribution in [0.5, 0.6) is 0 Å². The average molecular weight is 414 g/mol. The van der Waals surface area contributed by atoms with Crippen molar-refractivity contribution in [2.24, 2.45) is 17.6 Å². The van der Waals surface area contributed by atoms with Gasteiger partial charge in [-0.15, -0.1) is 0 Å². The van der Waals surface area contributed by atoms with Crippen molar-refractivity contribution >= 4 is 22.6 Å². The molecule has 0 unspecified atom stereocenters. The first-order chi connectivity index (χ1) is 10.2. The fraction of sp³-hybridized carbons (Fsp3) is 1.00. The second-order valence-electron chi connectivity index (χ2n) is 6.15. The van der Waals surface area contributed by atoms with Crippen LogP contribution in [0.15, 0.2) is 0 Å². The van der Waals surface area contributed by atoms with Crippen molar-refractivity contribution in [1.29, 1.82) is 0 Å². The fourth-order valence-corrected chi connectivity index (χ4v) is 3.00. The maximum Gasteiger partial charge on any atom is 0.0459 e. The fourth-order valence-electron chi connectivity index (χ4n) is 3.00. The van der Waals surface area contributed by atoms with E-state index in [1.807, 2.05) is 12.0 Å². The molecule has 2 aliphatic carbocycles. The molecule has 0 aromatic heterocycles. The Balaban J connectivity index is 0.000000342. The van der Waals surface area contributed by atoms with Gasteiger partial charge in [-0.3, -0.25) is 0 Å². The molecule has 0 saturated heterocycles. The Morgan fingerprint density at radius 2 is 1.24 bits per heavy atom. The van der Waals surface area contributed by atoms with E-state index in [1.165, 1.54) is 25.7 Å². The van der Waals surface area contributed by atoms with Gasteiger partial charge in [0.1, 0.15) is 0 Å². The molecular formula is C16H35IN2O2. The second kappa shape index (κ2) is 14.2. The Kier molecular flexibility index (Phi) is 14.6. The van der Waals surface area contributed by atoms with Crippen LogP contribution in [0.4, 0.5) is 0 Å². The van der Waals surface area contributed by atoms with Gasteiger partial charge in [-0.25, -0.2) is 0 Å². The molecule has 4 nitrogen and oxygen atoms in total. The van der Waals surface area contributed by atoms with Crippen LogP contribution >= 0.6 is 22.6 Å². The van der Waals surface area contributed by atoms with Crippen LogP contribution in [0.2, 0.25) is 0 Å². The number of aliphatic hydroxyl groups excluding tert-OH is 2. The molecule has 128 valence electrons. The number of halogens is 1. The predicted molar refractivity (Wildman–Crippen MR) is 98.9 cm³/mol. The lowest BCUT2D eigenvalue weighted by Gasteiger charge is -2.26. The molecule has 0 amide bonds. The summed E-state index contributed by atoms with van der Waals surface area (Å²) in [6.45, 7) is 0.739. The number of hydrogen-bond donors (Lipinski definition) is 4. The van der Waals surface area contributed by atoms with Gasteiger partial charge >= 0.3 is 0 Å². The lowest BCUT2D eigenvalue weighted by Crippen LogP contribution is -2.30. The lowest BCUT2D eigenvalue weighted by atomic mass is 9.87. The molecule has 0 atom stereocenters. The molecule has 0 aromatic rings. The van der Waals surface area contributed by atoms with Crippen LogP contribution in [0, 0.1) is 11.8 Å². The van der Waals surface area contributed by atoms with E-state index in [2.05, 4.69) is 27.9 Å². The van der Waals surface area contributed by atoms with Gasteiger partial charge in [0.2, 0.25) is 0 Å². The van der Waals surface area contributed by atoms with Crippen LogP contribution in [0.25, 0.3) is 0 Å². The van der Waals surface area contributed by atoms with Gasteiger partial charge in [-0.2, -0.15) is 0 Å². The van der Waals surface area contributed by atoms with E-state index >= 15 is 0 Å². The van der Waals surface area contributed by atoms with Gasteiger partial charge in [-0.05, 0) is 75.2 Å². The van der Waals surface area contributed by atoms with E-state index in [1.54, 1.807) is 0 Å². The maximum atomic E-state index is 8.83. The van der Waals surface area contributed by atoms with E-state index in [9.17, 15) is 0 Å². The molecule has 0 heterocycles. The highest BCUT2D eigenvalue weighted by Crippen LogP contribution is 2.23. The SMILES string of the molecule is CI.CNC1CCC(CO)CC1.NC1CCC(CO)CC1. The summed E-state index contributed by atoms with van der Waals surface area (Å²) in [6.07, 6.45) is 9.32. The van der Waals surface area contributed by atoms with Crippen molar-refractivity contribution in [3.05, 3.63) is 0 Å². The van der Waals surface area contributed by atoms with Crippen molar-refractivity contribution < 1.29 is 10.2 Å². The standard InChI is InChI=1S/C8H17NO.C7H15NO.CH3I/c1-9-8-4-2-7(6-10)3-5-8;8-7-3-1-6(5-9)2-4-7;1-2/h7-10H,2-6H2,1H3;6-7,9H,1-5,8H2;1H3. The summed E-state index contributed by atoms with van der Waals surface area (Å²) in [5.41, 5.74) is 5.67. The summed E-state index contributed by atoms with van der Waals surface area (Å²) in [5, 5.41) is 20.8. The Hall–Kier alpha value is 0.570. The Labute approximate surface area is 144 Å². The zero-order valence-corrected chi connectivity index (χ0v) is 15.9. The number of hydrogen-bond acceptors (Lipinski definition) is 4. The molecular weight excluding hydrogens is 379 g/mol. The molecule has 21 heavy (non-hydrogen) atoms. The first kappa shape index (κ1) is 21.6. The molecule has 2 fully saturated rings. The van der Waals surface area contributed by atoms with Crippen LogP contribution in [-0.2, 0) is 0 Å². The Morgan fingerprint density at radius 3 is 1.57 bits per heavy atom. The van der Waals surface area contributed by atoms with Crippen molar-refractivity contribution in [2.45, 2.75) is 63.5 Å². The van der Waals surface area contributed by atoms with E-state index in [0.717, 1.165) is 25.7 Å². The third-order valence-electron chi connectivity index (χ3n) is 4.66. The molecule has 0 aromatic carbocycles. The first-order valence-electron chi connectivity index (χ1n) is 8.21. The van der Waals surface area contributed by atoms with Gasteiger partial charge in [0, 0.05) is 25.3 Å². The molecule has 2 rings (SSSR count). The molecule has 5 N–H and O–H groups in total. The van der Waals surface area contributed by atoms with Crippen molar-refractivity contribution in [1.82, 2.24) is 5.32 Å². The smallest absolute Gasteiger partial charge is 0.0459 e. The van der Waals surface area contributed by atoms with E-state index in [0.29, 0.717) is 37.1 Å². The number of aliphatic hydroxyl groups is 2. The number of nitrogens with one attached hydrogen (secondary N) is 1. The minimum atomic E-state index is 0.354. The van der Waals surface area contributed by atoms with Crippen LogP contribution in [-0.4, -0.2) is 47.5 Å². The van der Waals surface area contributed by atoms with Gasteiger partial charge in [0.25, 0.3) is 0 Å². The third-order valence-corrected chi connectivity index (χ3v) is 4.66. The summed E-state index contributed by atoms with van der Waals surface area (Å²) in [7, 11) is 2.02. The largest absolute Gasteiger partial charge is 0.396 e. The molecule has 0 radical (unpaired) electrons. The van der Waals surface area contributed by atoms with Crippen molar-refractivity contribution in [2.75, 3.05) is 25.2 Å². The van der Waals surface area contributed by atoms with E-state index in [4.69, 9.17) is 15.9 Å². The molecule has 0 bridgehead atoms. The van der Waals surface area contributed by atoms with Crippen LogP contribution in [0.3, 0.4) is 0 Å². The Morgan fingerprint density at radius 1 is 0.857 bits per heavy atom. The minimum absolute atomic E-state index is 0.354. The second-order valence-corrected chi connectivity index (χ2v) is 6.15. The zero-order valence-electron chi connectivity index (χ0n) is 13.7. The average Bonchev–Trinajstić information content (AvgIpc) is 2.58. The van der Waals surface area contributed by atoms with Crippen LogP contribution in [0.1, 0.15) is 51.4 Å². The molecule has 2 aliphatic rings. The number of nitrogens with two attached hydrogens (primary N) is 1. The number of alkyl halides is 1. The van der Waals surface area contributed by atoms with Gasteiger partial charge in [0.15, 0.2) is 0 Å². The molecule has 5 heteroatoms. The summed E-state index contributed by atoms with van der Waals surface area (Å²) >= 11 is 2.15. The predicted octanol–water partition coefficient (Wildman–Crippen LogP) is 2.30. The monoisotopic (exact) mass is 414 g/mol. The van der Waals surface area contributed by atoms with E-state index in [-0.39, 0.29) is 0 Å². The normalized spacial score (nSPS) is 32.3. The highest BCUT2D eigenvalue weighted by atomic mass is 127. The summed E-state index contributed by atoms with van der Waals surface area (Å²) < 4.78 is 0. The van der Waals surface area contributed by atoms with Gasteiger partial charge in [0.05, 0.1) is 0 Å². The highest BCUT2D eigenvalue weighted by molar-refractivity contribution is 14.1. The van der Waals surface area contributed by atoms with Gasteiger partial charge < -0.3 is 21.3 Å². The maximum absolute atomic E-state index is 8.83.